The van der Waals surface area contributed by atoms with Crippen molar-refractivity contribution in [1.82, 2.24) is 9.97 Å². The van der Waals surface area contributed by atoms with E-state index in [1.165, 1.54) is 0 Å². The maximum atomic E-state index is 5.57. The van der Waals surface area contributed by atoms with E-state index in [4.69, 9.17) is 17.3 Å². The molecule has 0 aliphatic carbocycles. The van der Waals surface area contributed by atoms with Crippen molar-refractivity contribution in [1.29, 1.82) is 0 Å². The van der Waals surface area contributed by atoms with E-state index in [0.717, 1.165) is 15.7 Å². The van der Waals surface area contributed by atoms with E-state index < -0.39 is 0 Å². The molecule has 0 saturated carbocycles. The molecule has 0 aromatic carbocycles. The van der Waals surface area contributed by atoms with Crippen LogP contribution in [0.25, 0.3) is 0 Å². The molecule has 1 aromatic rings. The van der Waals surface area contributed by atoms with E-state index in [1.54, 1.807) is 18.0 Å². The number of hydrogen-bond donors (Lipinski definition) is 1. The highest BCUT2D eigenvalue weighted by Crippen LogP contribution is 2.43. The summed E-state index contributed by atoms with van der Waals surface area (Å²) < 4.78 is 0. The number of fused-ring (bicyclic) bond motifs is 1. The summed E-state index contributed by atoms with van der Waals surface area (Å²) in [4.78, 5) is 11.1. The molecule has 1 aromatic heterocycles. The third kappa shape index (κ3) is 2.15. The Morgan fingerprint density at radius 3 is 3.12 bits per heavy atom. The SMILES string of the molecule is C=C1Sc2cnc(N)nc2N1C/C=C/CCl. The Balaban J connectivity index is 2.24. The van der Waals surface area contributed by atoms with Gasteiger partial charge in [0, 0.05) is 18.6 Å². The van der Waals surface area contributed by atoms with Gasteiger partial charge in [-0.3, -0.25) is 0 Å². The largest absolute Gasteiger partial charge is 0.368 e. The Labute approximate surface area is 103 Å². The number of anilines is 2. The van der Waals surface area contributed by atoms with Crippen molar-refractivity contribution in [3.63, 3.8) is 0 Å². The van der Waals surface area contributed by atoms with Crippen LogP contribution in [0.2, 0.25) is 0 Å². The summed E-state index contributed by atoms with van der Waals surface area (Å²) in [7, 11) is 0. The number of rotatable bonds is 3. The fourth-order valence-corrected chi connectivity index (χ4v) is 2.38. The third-order valence-corrected chi connectivity index (χ3v) is 3.23. The number of nitrogens with two attached hydrogens (primary N) is 1. The highest BCUT2D eigenvalue weighted by atomic mass is 35.5. The second-order valence-electron chi connectivity index (χ2n) is 3.15. The lowest BCUT2D eigenvalue weighted by Gasteiger charge is -2.15. The number of thioether (sulfide) groups is 1. The van der Waals surface area contributed by atoms with Crippen molar-refractivity contribution in [2.45, 2.75) is 4.90 Å². The number of alkyl halides is 1. The zero-order chi connectivity index (χ0) is 11.5. The molecule has 2 heterocycles. The lowest BCUT2D eigenvalue weighted by atomic mass is 10.4. The van der Waals surface area contributed by atoms with E-state index in [1.807, 2.05) is 17.1 Å². The summed E-state index contributed by atoms with van der Waals surface area (Å²) in [6, 6.07) is 0. The van der Waals surface area contributed by atoms with Gasteiger partial charge in [0.15, 0.2) is 5.82 Å². The molecule has 6 heteroatoms. The number of allylic oxidation sites excluding steroid dienone is 1. The molecular formula is C10H11ClN4S. The van der Waals surface area contributed by atoms with Crippen molar-refractivity contribution in [2.75, 3.05) is 23.1 Å². The highest BCUT2D eigenvalue weighted by Gasteiger charge is 2.24. The van der Waals surface area contributed by atoms with Gasteiger partial charge in [0.25, 0.3) is 0 Å². The molecule has 0 unspecified atom stereocenters. The Kier molecular flexibility index (Phi) is 3.36. The lowest BCUT2D eigenvalue weighted by Crippen LogP contribution is -2.18. The van der Waals surface area contributed by atoms with Gasteiger partial charge in [0.1, 0.15) is 0 Å². The minimum Gasteiger partial charge on any atom is -0.368 e. The van der Waals surface area contributed by atoms with Crippen LogP contribution in [0.5, 0.6) is 0 Å². The molecule has 2 N–H and O–H groups in total. The quantitative estimate of drug-likeness (QED) is 0.662. The average Bonchev–Trinajstić information content (AvgIpc) is 2.56. The van der Waals surface area contributed by atoms with E-state index in [0.29, 0.717) is 12.4 Å². The minimum atomic E-state index is 0.278. The first-order chi connectivity index (χ1) is 7.72. The minimum absolute atomic E-state index is 0.278. The molecule has 2 rings (SSSR count). The molecule has 0 spiro atoms. The highest BCUT2D eigenvalue weighted by molar-refractivity contribution is 8.03. The summed E-state index contributed by atoms with van der Waals surface area (Å²) in [5.74, 6) is 1.61. The fourth-order valence-electron chi connectivity index (χ4n) is 1.37. The van der Waals surface area contributed by atoms with Crippen LogP contribution >= 0.6 is 23.4 Å². The number of halogens is 1. The van der Waals surface area contributed by atoms with Crippen molar-refractivity contribution in [2.24, 2.45) is 0 Å². The predicted molar refractivity (Wildman–Crippen MR) is 68.6 cm³/mol. The molecule has 0 amide bonds. The summed E-state index contributed by atoms with van der Waals surface area (Å²) in [5.41, 5.74) is 5.57. The summed E-state index contributed by atoms with van der Waals surface area (Å²) in [5, 5.41) is 0.925. The second kappa shape index (κ2) is 4.76. The van der Waals surface area contributed by atoms with E-state index in [2.05, 4.69) is 16.5 Å². The van der Waals surface area contributed by atoms with Crippen LogP contribution in [-0.4, -0.2) is 22.4 Å². The van der Waals surface area contributed by atoms with Crippen LogP contribution in [-0.2, 0) is 0 Å². The standard InChI is InChI=1S/C10H11ClN4S/c1-7-15(5-3-2-4-11)9-8(16-7)6-13-10(12)14-9/h2-3,6H,1,4-5H2,(H2,12,13,14)/b3-2+. The maximum absolute atomic E-state index is 5.57. The second-order valence-corrected chi connectivity index (χ2v) is 4.57. The maximum Gasteiger partial charge on any atom is 0.222 e. The van der Waals surface area contributed by atoms with Crippen LogP contribution in [0.15, 0.2) is 34.9 Å². The van der Waals surface area contributed by atoms with Crippen molar-refractivity contribution < 1.29 is 0 Å². The van der Waals surface area contributed by atoms with Gasteiger partial charge in [-0.05, 0) is 0 Å². The number of nitrogens with zero attached hydrogens (tertiary/aromatic N) is 3. The normalized spacial score (nSPS) is 14.8. The molecule has 0 radical (unpaired) electrons. The van der Waals surface area contributed by atoms with Gasteiger partial charge in [0.05, 0.1) is 9.92 Å². The number of aromatic nitrogens is 2. The first kappa shape index (κ1) is 11.3. The Morgan fingerprint density at radius 2 is 2.38 bits per heavy atom. The Morgan fingerprint density at radius 1 is 1.56 bits per heavy atom. The van der Waals surface area contributed by atoms with Gasteiger partial charge in [-0.15, -0.1) is 11.6 Å². The van der Waals surface area contributed by atoms with Gasteiger partial charge in [-0.1, -0.05) is 30.5 Å². The smallest absolute Gasteiger partial charge is 0.222 e. The van der Waals surface area contributed by atoms with Crippen molar-refractivity contribution in [3.8, 4) is 0 Å². The first-order valence-electron chi connectivity index (χ1n) is 4.70. The monoisotopic (exact) mass is 254 g/mol. The Hall–Kier alpha value is -1.20. The molecule has 1 aliphatic rings. The van der Waals surface area contributed by atoms with Gasteiger partial charge in [-0.2, -0.15) is 4.98 Å². The molecule has 16 heavy (non-hydrogen) atoms. The topological polar surface area (TPSA) is 55.0 Å². The third-order valence-electron chi connectivity index (χ3n) is 2.08. The van der Waals surface area contributed by atoms with Crippen molar-refractivity contribution in [3.05, 3.63) is 30.0 Å². The number of nitrogen functional groups attached to an aromatic ring is 1. The van der Waals surface area contributed by atoms with Crippen LogP contribution < -0.4 is 10.6 Å². The first-order valence-corrected chi connectivity index (χ1v) is 6.05. The molecule has 1 aliphatic heterocycles. The zero-order valence-corrected chi connectivity index (χ0v) is 10.1. The van der Waals surface area contributed by atoms with Gasteiger partial charge in [0.2, 0.25) is 5.95 Å². The fraction of sp³-hybridized carbons (Fsp3) is 0.200. The predicted octanol–water partition coefficient (Wildman–Crippen LogP) is 2.24. The van der Waals surface area contributed by atoms with Gasteiger partial charge < -0.3 is 10.6 Å². The molecule has 0 fully saturated rings. The lowest BCUT2D eigenvalue weighted by molar-refractivity contribution is 0.997. The summed E-state index contributed by atoms with van der Waals surface area (Å²) in [6.07, 6.45) is 5.59. The zero-order valence-electron chi connectivity index (χ0n) is 8.56. The average molecular weight is 255 g/mol. The summed E-state index contributed by atoms with van der Waals surface area (Å²) in [6.45, 7) is 4.67. The van der Waals surface area contributed by atoms with Gasteiger partial charge >= 0.3 is 0 Å². The molecule has 0 atom stereocenters. The van der Waals surface area contributed by atoms with E-state index >= 15 is 0 Å². The van der Waals surface area contributed by atoms with E-state index in [-0.39, 0.29) is 5.95 Å². The van der Waals surface area contributed by atoms with Crippen LogP contribution in [0.4, 0.5) is 11.8 Å². The molecule has 0 bridgehead atoms. The Bertz CT molecular complexity index is 446. The number of hydrogen-bond acceptors (Lipinski definition) is 5. The van der Waals surface area contributed by atoms with Crippen LogP contribution in [0.3, 0.4) is 0 Å². The van der Waals surface area contributed by atoms with Gasteiger partial charge in [-0.25, -0.2) is 4.98 Å². The van der Waals surface area contributed by atoms with Crippen LogP contribution in [0.1, 0.15) is 0 Å². The molecular weight excluding hydrogens is 244 g/mol. The van der Waals surface area contributed by atoms with Crippen LogP contribution in [0, 0.1) is 0 Å². The molecule has 4 nitrogen and oxygen atoms in total. The summed E-state index contributed by atoms with van der Waals surface area (Å²) >= 11 is 7.12. The molecule has 0 saturated heterocycles. The van der Waals surface area contributed by atoms with Crippen molar-refractivity contribution >= 4 is 35.1 Å². The molecule has 84 valence electrons. The van der Waals surface area contributed by atoms with E-state index in [9.17, 15) is 0 Å².